The third-order valence-corrected chi connectivity index (χ3v) is 12.4. The Balaban J connectivity index is 1.21. The van der Waals surface area contributed by atoms with E-state index >= 15 is 0 Å². The fourth-order valence-electron chi connectivity index (χ4n) is 7.78. The van der Waals surface area contributed by atoms with E-state index in [0.717, 1.165) is 56.1 Å². The first-order valence-electron chi connectivity index (χ1n) is 17.4. The first kappa shape index (κ1) is 29.5. The van der Waals surface area contributed by atoms with Crippen molar-refractivity contribution in [1.82, 2.24) is 15.0 Å². The maximum Gasteiger partial charge on any atom is 0.160 e. The van der Waals surface area contributed by atoms with Crippen LogP contribution < -0.4 is 0 Å². The molecule has 3 nitrogen and oxygen atoms in total. The van der Waals surface area contributed by atoms with Gasteiger partial charge in [0.05, 0.1) is 22.6 Å². The Morgan fingerprint density at radius 3 is 1.85 bits per heavy atom. The van der Waals surface area contributed by atoms with Crippen LogP contribution in [-0.2, 0) is 0 Å². The van der Waals surface area contributed by atoms with Crippen molar-refractivity contribution in [2.24, 2.45) is 0 Å². The quantitative estimate of drug-likeness (QED) is 0.172. The van der Waals surface area contributed by atoms with E-state index < -0.39 is 0 Å². The molecular formula is C47H27N3S2. The molecule has 0 radical (unpaired) electrons. The van der Waals surface area contributed by atoms with Gasteiger partial charge in [-0.1, -0.05) is 133 Å². The van der Waals surface area contributed by atoms with Crippen molar-refractivity contribution in [2.75, 3.05) is 0 Å². The van der Waals surface area contributed by atoms with Gasteiger partial charge in [0.2, 0.25) is 0 Å². The number of thiophene rings is 2. The summed E-state index contributed by atoms with van der Waals surface area (Å²) in [4.78, 5) is 15.8. The van der Waals surface area contributed by atoms with Crippen molar-refractivity contribution in [3.05, 3.63) is 164 Å². The van der Waals surface area contributed by atoms with E-state index in [0.29, 0.717) is 0 Å². The van der Waals surface area contributed by atoms with E-state index in [2.05, 4.69) is 158 Å². The maximum atomic E-state index is 5.30. The lowest BCUT2D eigenvalue weighted by molar-refractivity contribution is 1.19. The van der Waals surface area contributed by atoms with Crippen LogP contribution in [-0.4, -0.2) is 15.0 Å². The van der Waals surface area contributed by atoms with Crippen LogP contribution >= 0.6 is 22.7 Å². The van der Waals surface area contributed by atoms with Gasteiger partial charge in [-0.25, -0.2) is 15.0 Å². The van der Waals surface area contributed by atoms with E-state index in [1.54, 1.807) is 0 Å². The van der Waals surface area contributed by atoms with Gasteiger partial charge in [0.15, 0.2) is 5.82 Å². The number of nitrogens with zero attached hydrogens (tertiary/aromatic N) is 3. The Labute approximate surface area is 307 Å². The van der Waals surface area contributed by atoms with Crippen LogP contribution in [0.2, 0.25) is 0 Å². The first-order valence-corrected chi connectivity index (χ1v) is 19.0. The lowest BCUT2D eigenvalue weighted by atomic mass is 9.95. The SMILES string of the molecule is c1ccc(-c2nc(-c3cccc4c3sc3ccc5c(-c6ccccc6)nc6ccccc6c5c34)cc(-c3cccc4sc5ccccc5c34)n2)cc1. The van der Waals surface area contributed by atoms with Crippen molar-refractivity contribution in [3.8, 4) is 45.2 Å². The summed E-state index contributed by atoms with van der Waals surface area (Å²) in [5.41, 5.74) is 8.19. The number of aromatic nitrogens is 3. The number of hydrogen-bond donors (Lipinski definition) is 0. The van der Waals surface area contributed by atoms with Gasteiger partial charge in [-0.2, -0.15) is 0 Å². The van der Waals surface area contributed by atoms with Crippen LogP contribution in [0.15, 0.2) is 164 Å². The third kappa shape index (κ3) is 4.53. The summed E-state index contributed by atoms with van der Waals surface area (Å²) < 4.78 is 5.01. The molecule has 0 fully saturated rings. The second-order valence-electron chi connectivity index (χ2n) is 13.1. The van der Waals surface area contributed by atoms with E-state index in [1.807, 2.05) is 28.7 Å². The second kappa shape index (κ2) is 11.6. The summed E-state index contributed by atoms with van der Waals surface area (Å²) in [5.74, 6) is 0.720. The van der Waals surface area contributed by atoms with Crippen LogP contribution in [0.5, 0.6) is 0 Å². The number of benzene rings is 7. The van der Waals surface area contributed by atoms with Crippen LogP contribution in [0, 0.1) is 0 Å². The zero-order valence-electron chi connectivity index (χ0n) is 27.7. The lowest BCUT2D eigenvalue weighted by Crippen LogP contribution is -1.96. The summed E-state index contributed by atoms with van der Waals surface area (Å²) in [6.45, 7) is 0. The fourth-order valence-corrected chi connectivity index (χ4v) is 10.1. The predicted molar refractivity (Wildman–Crippen MR) is 222 cm³/mol. The first-order chi connectivity index (χ1) is 25.8. The Morgan fingerprint density at radius 1 is 0.365 bits per heavy atom. The second-order valence-corrected chi connectivity index (χ2v) is 15.2. The minimum absolute atomic E-state index is 0.720. The largest absolute Gasteiger partial charge is 0.247 e. The lowest BCUT2D eigenvalue weighted by Gasteiger charge is -2.12. The zero-order chi connectivity index (χ0) is 34.2. The molecule has 11 aromatic rings. The van der Waals surface area contributed by atoms with Gasteiger partial charge in [-0.15, -0.1) is 22.7 Å². The van der Waals surface area contributed by atoms with E-state index in [9.17, 15) is 0 Å². The minimum atomic E-state index is 0.720. The molecule has 0 aliphatic carbocycles. The summed E-state index contributed by atoms with van der Waals surface area (Å²) in [6, 6.07) is 58.1. The van der Waals surface area contributed by atoms with Gasteiger partial charge in [0, 0.05) is 78.8 Å². The highest BCUT2D eigenvalue weighted by atomic mass is 32.1. The van der Waals surface area contributed by atoms with Gasteiger partial charge in [0.25, 0.3) is 0 Å². The summed E-state index contributed by atoms with van der Waals surface area (Å²) in [5, 5.41) is 8.57. The highest BCUT2D eigenvalue weighted by Crippen LogP contribution is 2.47. The average Bonchev–Trinajstić information content (AvgIpc) is 3.80. The third-order valence-electron chi connectivity index (χ3n) is 10.1. The maximum absolute atomic E-state index is 5.30. The standard InChI is InChI=1S/C47H27N3S2/c1-3-13-28(14-4-1)45-34-25-26-41-44(43(34)30-17-7-9-22-36(30)48-45)35-21-11-20-32(46(35)52-41)38-27-37(49-47(50-38)29-15-5-2-6-16-29)31-19-12-24-40-42(31)33-18-8-10-23-39(33)51-40/h1-27H. The van der Waals surface area contributed by atoms with Gasteiger partial charge in [-0.05, 0) is 30.3 Å². The molecule has 0 amide bonds. The molecule has 0 unspecified atom stereocenters. The number of pyridine rings is 1. The summed E-state index contributed by atoms with van der Waals surface area (Å²) in [6.07, 6.45) is 0. The van der Waals surface area contributed by atoms with Crippen LogP contribution in [0.3, 0.4) is 0 Å². The van der Waals surface area contributed by atoms with Crippen LogP contribution in [0.1, 0.15) is 0 Å². The molecule has 0 saturated heterocycles. The Bertz CT molecular complexity index is 3180. The number of fused-ring (bicyclic) bond motifs is 10. The molecule has 5 heteroatoms. The molecule has 0 saturated carbocycles. The zero-order valence-corrected chi connectivity index (χ0v) is 29.4. The molecule has 7 aromatic carbocycles. The van der Waals surface area contributed by atoms with Gasteiger partial charge < -0.3 is 0 Å². The van der Waals surface area contributed by atoms with Crippen molar-refractivity contribution < 1.29 is 0 Å². The van der Waals surface area contributed by atoms with Gasteiger partial charge in [-0.3, -0.25) is 0 Å². The average molecular weight is 698 g/mol. The molecular weight excluding hydrogens is 671 g/mol. The number of rotatable bonds is 4. The van der Waals surface area contributed by atoms with E-state index in [-0.39, 0.29) is 0 Å². The molecule has 4 heterocycles. The van der Waals surface area contributed by atoms with Crippen LogP contribution in [0.25, 0.3) is 107 Å². The van der Waals surface area contributed by atoms with Gasteiger partial charge in [0.1, 0.15) is 0 Å². The molecule has 0 N–H and O–H groups in total. The van der Waals surface area contributed by atoms with E-state index in [4.69, 9.17) is 15.0 Å². The normalized spacial score (nSPS) is 11.8. The molecule has 0 spiro atoms. The minimum Gasteiger partial charge on any atom is -0.247 e. The highest BCUT2D eigenvalue weighted by molar-refractivity contribution is 7.26. The van der Waals surface area contributed by atoms with Crippen molar-refractivity contribution in [3.63, 3.8) is 0 Å². The summed E-state index contributed by atoms with van der Waals surface area (Å²) in [7, 11) is 0. The molecule has 0 atom stereocenters. The Hall–Kier alpha value is -6.27. The number of para-hydroxylation sites is 1. The molecule has 0 bridgehead atoms. The van der Waals surface area contributed by atoms with Crippen molar-refractivity contribution >= 4 is 84.7 Å². The smallest absolute Gasteiger partial charge is 0.160 e. The summed E-state index contributed by atoms with van der Waals surface area (Å²) >= 11 is 3.67. The van der Waals surface area contributed by atoms with Gasteiger partial charge >= 0.3 is 0 Å². The molecule has 11 rings (SSSR count). The Kier molecular flexibility index (Phi) is 6.59. The van der Waals surface area contributed by atoms with Crippen molar-refractivity contribution in [1.29, 1.82) is 0 Å². The highest BCUT2D eigenvalue weighted by Gasteiger charge is 2.20. The fraction of sp³-hybridized carbons (Fsp3) is 0. The van der Waals surface area contributed by atoms with Crippen molar-refractivity contribution in [2.45, 2.75) is 0 Å². The predicted octanol–water partition coefficient (Wildman–Crippen LogP) is 13.6. The molecule has 242 valence electrons. The molecule has 0 aliphatic rings. The topological polar surface area (TPSA) is 38.7 Å². The molecule has 52 heavy (non-hydrogen) atoms. The number of hydrogen-bond acceptors (Lipinski definition) is 5. The monoisotopic (exact) mass is 697 g/mol. The van der Waals surface area contributed by atoms with E-state index in [1.165, 1.54) is 51.1 Å². The Morgan fingerprint density at radius 2 is 1.00 bits per heavy atom. The van der Waals surface area contributed by atoms with Crippen LogP contribution in [0.4, 0.5) is 0 Å². The molecule has 0 aliphatic heterocycles. The molecule has 4 aromatic heterocycles.